The van der Waals surface area contributed by atoms with Gasteiger partial charge in [0.15, 0.2) is 6.29 Å². The first-order valence-corrected chi connectivity index (χ1v) is 10.8. The van der Waals surface area contributed by atoms with Crippen LogP contribution in [0.5, 0.6) is 5.75 Å². The van der Waals surface area contributed by atoms with Gasteiger partial charge in [0.1, 0.15) is 54.1 Å². The van der Waals surface area contributed by atoms with Crippen molar-refractivity contribution in [2.75, 3.05) is 6.61 Å². The summed E-state index contributed by atoms with van der Waals surface area (Å²) in [5, 5.41) is 61.4. The third kappa shape index (κ3) is 4.69. The van der Waals surface area contributed by atoms with Gasteiger partial charge in [-0.2, -0.15) is 0 Å². The average Bonchev–Trinajstić information content (AvgIpc) is 2.80. The maximum absolute atomic E-state index is 12.0. The molecule has 10 atom stereocenters. The van der Waals surface area contributed by atoms with Crippen LogP contribution in [-0.4, -0.2) is 98.7 Å². The first-order chi connectivity index (χ1) is 16.1. The Hall–Kier alpha value is -2.13. The Labute approximate surface area is 193 Å². The Morgan fingerprint density at radius 2 is 1.56 bits per heavy atom. The second-order valence-corrected chi connectivity index (χ2v) is 8.52. The van der Waals surface area contributed by atoms with E-state index in [1.165, 1.54) is 6.92 Å². The molecule has 2 aliphatic heterocycles. The van der Waals surface area contributed by atoms with E-state index in [0.717, 1.165) is 11.6 Å². The molecular weight excluding hydrogens is 456 g/mol. The number of hydrogen-bond donors (Lipinski definition) is 6. The number of ether oxygens (including phenoxy) is 4. The topological polar surface area (TPSA) is 189 Å². The molecule has 0 bridgehead atoms. The summed E-state index contributed by atoms with van der Waals surface area (Å²) in [5.74, 6) is 0.0497. The Balaban J connectivity index is 1.51. The molecule has 0 saturated carbocycles. The summed E-state index contributed by atoms with van der Waals surface area (Å²) in [6, 6.07) is 6.12. The lowest BCUT2D eigenvalue weighted by atomic mass is 9.98. The quantitative estimate of drug-likeness (QED) is 0.260. The number of benzene rings is 1. The smallest absolute Gasteiger partial charge is 0.339 e. The van der Waals surface area contributed by atoms with Gasteiger partial charge in [-0.3, -0.25) is 0 Å². The zero-order valence-corrected chi connectivity index (χ0v) is 18.4. The number of aliphatic hydroxyl groups excluding tert-OH is 6. The van der Waals surface area contributed by atoms with Crippen LogP contribution in [0, 0.1) is 6.92 Å². The van der Waals surface area contributed by atoms with Gasteiger partial charge in [0, 0.05) is 0 Å². The molecule has 4 rings (SSSR count). The van der Waals surface area contributed by atoms with E-state index in [1.54, 1.807) is 25.1 Å². The predicted molar refractivity (Wildman–Crippen MR) is 113 cm³/mol. The molecule has 0 aliphatic carbocycles. The van der Waals surface area contributed by atoms with Gasteiger partial charge in [-0.15, -0.1) is 0 Å². The van der Waals surface area contributed by atoms with Gasteiger partial charge >= 0.3 is 5.63 Å². The minimum Gasteiger partial charge on any atom is -0.461 e. The van der Waals surface area contributed by atoms with E-state index < -0.39 is 73.6 Å². The lowest BCUT2D eigenvalue weighted by molar-refractivity contribution is -0.318. The zero-order chi connectivity index (χ0) is 24.7. The van der Waals surface area contributed by atoms with Gasteiger partial charge < -0.3 is 54.0 Å². The Bertz CT molecular complexity index is 1060. The van der Waals surface area contributed by atoms with E-state index in [-0.39, 0.29) is 11.3 Å². The van der Waals surface area contributed by atoms with Crippen LogP contribution in [-0.2, 0) is 14.2 Å². The maximum Gasteiger partial charge on any atom is 0.339 e. The Morgan fingerprint density at radius 1 is 0.882 bits per heavy atom. The summed E-state index contributed by atoms with van der Waals surface area (Å²) in [6.45, 7) is 2.82. The third-order valence-corrected chi connectivity index (χ3v) is 6.09. The largest absolute Gasteiger partial charge is 0.461 e. The van der Waals surface area contributed by atoms with Crippen LogP contribution in [0.25, 0.3) is 11.0 Å². The van der Waals surface area contributed by atoms with Crippen molar-refractivity contribution in [1.29, 1.82) is 0 Å². The molecule has 12 heteroatoms. The molecule has 2 saturated heterocycles. The molecular formula is C22H28O12. The fourth-order valence-electron chi connectivity index (χ4n) is 4.07. The third-order valence-electron chi connectivity index (χ3n) is 6.09. The number of aliphatic hydroxyl groups is 6. The highest BCUT2D eigenvalue weighted by Gasteiger charge is 2.47. The fraction of sp³-hybridized carbons (Fsp3) is 0.591. The number of rotatable bonds is 5. The fourth-order valence-corrected chi connectivity index (χ4v) is 4.07. The SMILES string of the molecule is Cc1cccc2oc(=O)cc(OC3OC(COC4OC(C)C(O)C(O)C4O)C(O)C(O)C3O)c12. The van der Waals surface area contributed by atoms with Gasteiger partial charge in [0.2, 0.25) is 6.29 Å². The monoisotopic (exact) mass is 484 g/mol. The predicted octanol–water partition coefficient (Wildman–Crippen LogP) is -1.87. The van der Waals surface area contributed by atoms with Crippen molar-refractivity contribution >= 4 is 11.0 Å². The zero-order valence-electron chi connectivity index (χ0n) is 18.4. The van der Waals surface area contributed by atoms with Crippen molar-refractivity contribution in [3.63, 3.8) is 0 Å². The molecule has 34 heavy (non-hydrogen) atoms. The van der Waals surface area contributed by atoms with Gasteiger partial charge in [-0.25, -0.2) is 4.79 Å². The van der Waals surface area contributed by atoms with E-state index in [0.29, 0.717) is 5.39 Å². The molecule has 1 aromatic carbocycles. The molecule has 10 unspecified atom stereocenters. The van der Waals surface area contributed by atoms with Crippen molar-refractivity contribution in [3.8, 4) is 5.75 Å². The summed E-state index contributed by atoms with van der Waals surface area (Å²) < 4.78 is 27.3. The van der Waals surface area contributed by atoms with Gasteiger partial charge in [0.05, 0.1) is 24.2 Å². The number of hydrogen-bond acceptors (Lipinski definition) is 12. The van der Waals surface area contributed by atoms with Gasteiger partial charge in [0.25, 0.3) is 0 Å². The molecule has 2 aliphatic rings. The van der Waals surface area contributed by atoms with Crippen LogP contribution in [0.4, 0.5) is 0 Å². The van der Waals surface area contributed by atoms with E-state index in [9.17, 15) is 35.4 Å². The lowest BCUT2D eigenvalue weighted by Crippen LogP contribution is -2.61. The van der Waals surface area contributed by atoms with Crippen molar-refractivity contribution in [3.05, 3.63) is 40.2 Å². The molecule has 0 radical (unpaired) electrons. The molecule has 2 aromatic rings. The van der Waals surface area contributed by atoms with Crippen LogP contribution in [0.3, 0.4) is 0 Å². The highest BCUT2D eigenvalue weighted by molar-refractivity contribution is 5.86. The van der Waals surface area contributed by atoms with Crippen LogP contribution in [0.2, 0.25) is 0 Å². The minimum absolute atomic E-state index is 0.0497. The summed E-state index contributed by atoms with van der Waals surface area (Å²) >= 11 is 0. The second kappa shape index (κ2) is 9.85. The number of aryl methyl sites for hydroxylation is 1. The molecule has 12 nitrogen and oxygen atoms in total. The van der Waals surface area contributed by atoms with Crippen molar-refractivity contribution < 1.29 is 54.0 Å². The highest BCUT2D eigenvalue weighted by Crippen LogP contribution is 2.31. The van der Waals surface area contributed by atoms with Gasteiger partial charge in [-0.1, -0.05) is 12.1 Å². The Kier molecular flexibility index (Phi) is 7.24. The minimum atomic E-state index is -1.69. The average molecular weight is 484 g/mol. The molecule has 1 aromatic heterocycles. The standard InChI is InChI=1S/C22H28O12/c1-8-4-3-5-10-14(8)11(6-13(23)32-10)33-22-20(29)18(27)16(25)12(34-22)7-30-21-19(28)17(26)15(24)9(2)31-21/h3-6,9,12,15-22,24-29H,7H2,1-2H3. The van der Waals surface area contributed by atoms with Crippen LogP contribution in [0.1, 0.15) is 12.5 Å². The Morgan fingerprint density at radius 3 is 2.29 bits per heavy atom. The summed E-state index contributed by atoms with van der Waals surface area (Å²) in [6.07, 6.45) is -14.3. The van der Waals surface area contributed by atoms with Gasteiger partial charge in [-0.05, 0) is 25.5 Å². The molecule has 188 valence electrons. The van der Waals surface area contributed by atoms with E-state index in [4.69, 9.17) is 23.4 Å². The number of fused-ring (bicyclic) bond motifs is 1. The van der Waals surface area contributed by atoms with E-state index >= 15 is 0 Å². The summed E-state index contributed by atoms with van der Waals surface area (Å²) in [4.78, 5) is 12.0. The molecule has 2 fully saturated rings. The first kappa shape index (κ1) is 25.0. The normalized spacial score (nSPS) is 38.7. The van der Waals surface area contributed by atoms with E-state index in [2.05, 4.69) is 0 Å². The maximum atomic E-state index is 12.0. The van der Waals surface area contributed by atoms with Crippen molar-refractivity contribution in [2.45, 2.75) is 75.3 Å². The molecule has 0 spiro atoms. The van der Waals surface area contributed by atoms with Crippen molar-refractivity contribution in [2.24, 2.45) is 0 Å². The second-order valence-electron chi connectivity index (χ2n) is 8.52. The van der Waals surface area contributed by atoms with Crippen LogP contribution < -0.4 is 10.4 Å². The lowest BCUT2D eigenvalue weighted by Gasteiger charge is -2.42. The summed E-state index contributed by atoms with van der Waals surface area (Å²) in [5.41, 5.74) is 0.282. The van der Waals surface area contributed by atoms with Crippen LogP contribution in [0.15, 0.2) is 33.5 Å². The molecule has 0 amide bonds. The highest BCUT2D eigenvalue weighted by atomic mass is 16.7. The molecule has 6 N–H and O–H groups in total. The van der Waals surface area contributed by atoms with E-state index in [1.807, 2.05) is 0 Å². The first-order valence-electron chi connectivity index (χ1n) is 10.8. The molecule has 3 heterocycles. The summed E-state index contributed by atoms with van der Waals surface area (Å²) in [7, 11) is 0. The van der Waals surface area contributed by atoms with Crippen molar-refractivity contribution in [1.82, 2.24) is 0 Å². The van der Waals surface area contributed by atoms with Crippen LogP contribution >= 0.6 is 0 Å².